The van der Waals surface area contributed by atoms with Crippen LogP contribution in [0.5, 0.6) is 0 Å². The molecule has 2 N–H and O–H groups in total. The molecule has 1 aromatic heterocycles. The van der Waals surface area contributed by atoms with E-state index in [0.29, 0.717) is 6.54 Å². The molecule has 2 heterocycles. The second-order valence-electron chi connectivity index (χ2n) is 5.01. The van der Waals surface area contributed by atoms with Crippen LogP contribution in [0.15, 0.2) is 5.38 Å². The van der Waals surface area contributed by atoms with Gasteiger partial charge in [-0.05, 0) is 32.9 Å². The van der Waals surface area contributed by atoms with Gasteiger partial charge in [-0.1, -0.05) is 6.92 Å². The van der Waals surface area contributed by atoms with Crippen molar-refractivity contribution in [3.63, 3.8) is 0 Å². The number of nitrogens with zero attached hydrogens (tertiary/aromatic N) is 2. The molecule has 106 valence electrons. The van der Waals surface area contributed by atoms with E-state index >= 15 is 0 Å². The van der Waals surface area contributed by atoms with Gasteiger partial charge in [0.05, 0.1) is 17.2 Å². The van der Waals surface area contributed by atoms with Crippen molar-refractivity contribution in [3.8, 4) is 0 Å². The molecule has 0 aromatic carbocycles. The smallest absolute Gasteiger partial charge is 0.315 e. The fourth-order valence-corrected chi connectivity index (χ4v) is 3.03. The lowest BCUT2D eigenvalue weighted by atomic mass is 10.1. The average Bonchev–Trinajstić information content (AvgIpc) is 2.84. The fraction of sp³-hybridized carbons (Fsp3) is 0.692. The van der Waals surface area contributed by atoms with Crippen LogP contribution in [-0.4, -0.2) is 42.1 Å². The first-order valence-corrected chi connectivity index (χ1v) is 7.71. The van der Waals surface area contributed by atoms with Crippen LogP contribution in [-0.2, 0) is 13.0 Å². The van der Waals surface area contributed by atoms with Crippen molar-refractivity contribution in [1.29, 1.82) is 0 Å². The third kappa shape index (κ3) is 4.47. The first kappa shape index (κ1) is 14.3. The molecule has 1 aromatic rings. The van der Waals surface area contributed by atoms with Gasteiger partial charge in [0.25, 0.3) is 0 Å². The number of aryl methyl sites for hydroxylation is 1. The van der Waals surface area contributed by atoms with E-state index in [1.165, 1.54) is 0 Å². The molecule has 0 aliphatic carbocycles. The highest BCUT2D eigenvalue weighted by molar-refractivity contribution is 7.09. The van der Waals surface area contributed by atoms with Crippen molar-refractivity contribution in [2.75, 3.05) is 20.1 Å². The van der Waals surface area contributed by atoms with Gasteiger partial charge in [0.15, 0.2) is 0 Å². The molecule has 6 heteroatoms. The molecule has 1 saturated heterocycles. The Hall–Kier alpha value is -1.14. The summed E-state index contributed by atoms with van der Waals surface area (Å²) in [6.07, 6.45) is 3.16. The van der Waals surface area contributed by atoms with E-state index in [1.807, 2.05) is 5.38 Å². The van der Waals surface area contributed by atoms with Crippen LogP contribution in [0, 0.1) is 0 Å². The number of likely N-dealkylation sites (N-methyl/N-ethyl adjacent to an activating group) is 1. The standard InChI is InChI=1S/C13H22N4OS/c1-3-12-15-11(9-19-12)7-14-13(18)16-10-5-4-6-17(2)8-10/h9-10H,3-8H2,1-2H3,(H2,14,16,18)/t10-/m0/s1. The van der Waals surface area contributed by atoms with Crippen molar-refractivity contribution in [2.24, 2.45) is 0 Å². The van der Waals surface area contributed by atoms with Crippen LogP contribution in [0.25, 0.3) is 0 Å². The quantitative estimate of drug-likeness (QED) is 0.882. The number of hydrogen-bond acceptors (Lipinski definition) is 4. The number of hydrogen-bond donors (Lipinski definition) is 2. The number of rotatable bonds is 4. The van der Waals surface area contributed by atoms with Crippen molar-refractivity contribution < 1.29 is 4.79 Å². The SMILES string of the molecule is CCc1nc(CNC(=O)N[C@H]2CCCN(C)C2)cs1. The first-order chi connectivity index (χ1) is 9.17. The second-order valence-corrected chi connectivity index (χ2v) is 5.96. The lowest BCUT2D eigenvalue weighted by Gasteiger charge is -2.30. The van der Waals surface area contributed by atoms with Crippen LogP contribution < -0.4 is 10.6 Å². The summed E-state index contributed by atoms with van der Waals surface area (Å²) in [5.41, 5.74) is 0.942. The van der Waals surface area contributed by atoms with E-state index in [1.54, 1.807) is 11.3 Å². The number of urea groups is 1. The van der Waals surface area contributed by atoms with E-state index in [2.05, 4.69) is 34.5 Å². The van der Waals surface area contributed by atoms with E-state index < -0.39 is 0 Å². The van der Waals surface area contributed by atoms with Crippen LogP contribution >= 0.6 is 11.3 Å². The topological polar surface area (TPSA) is 57.3 Å². The number of thiazole rings is 1. The Labute approximate surface area is 118 Å². The molecule has 0 radical (unpaired) electrons. The highest BCUT2D eigenvalue weighted by atomic mass is 32.1. The van der Waals surface area contributed by atoms with Gasteiger partial charge in [0.1, 0.15) is 0 Å². The van der Waals surface area contributed by atoms with Gasteiger partial charge in [0.2, 0.25) is 0 Å². The number of amides is 2. The lowest BCUT2D eigenvalue weighted by molar-refractivity contribution is 0.209. The fourth-order valence-electron chi connectivity index (χ4n) is 2.28. The predicted octanol–water partition coefficient (Wildman–Crippen LogP) is 1.60. The maximum atomic E-state index is 11.8. The lowest BCUT2D eigenvalue weighted by Crippen LogP contribution is -2.49. The molecular formula is C13H22N4OS. The summed E-state index contributed by atoms with van der Waals surface area (Å²) in [5.74, 6) is 0. The normalized spacial score (nSPS) is 20.2. The Morgan fingerprint density at radius 2 is 2.47 bits per heavy atom. The van der Waals surface area contributed by atoms with E-state index in [-0.39, 0.29) is 12.1 Å². The molecule has 1 aliphatic rings. The Morgan fingerprint density at radius 1 is 1.63 bits per heavy atom. The second kappa shape index (κ2) is 6.86. The van der Waals surface area contributed by atoms with Crippen molar-refractivity contribution in [2.45, 2.75) is 38.8 Å². The van der Waals surface area contributed by atoms with Gasteiger partial charge in [-0.25, -0.2) is 9.78 Å². The highest BCUT2D eigenvalue weighted by Crippen LogP contribution is 2.10. The average molecular weight is 282 g/mol. The molecule has 5 nitrogen and oxygen atoms in total. The summed E-state index contributed by atoms with van der Waals surface area (Å²) in [6, 6.07) is 0.173. The van der Waals surface area contributed by atoms with Gasteiger partial charge in [0, 0.05) is 18.0 Å². The van der Waals surface area contributed by atoms with Crippen LogP contribution in [0.1, 0.15) is 30.5 Å². The molecule has 0 spiro atoms. The number of piperidine rings is 1. The molecule has 2 amide bonds. The Morgan fingerprint density at radius 3 is 3.16 bits per heavy atom. The maximum Gasteiger partial charge on any atom is 0.315 e. The Kier molecular flexibility index (Phi) is 5.15. The number of carbonyl (C=O) groups is 1. The van der Waals surface area contributed by atoms with E-state index in [9.17, 15) is 4.79 Å². The summed E-state index contributed by atoms with van der Waals surface area (Å²) in [5, 5.41) is 9.02. The summed E-state index contributed by atoms with van der Waals surface area (Å²) >= 11 is 1.65. The molecule has 1 aliphatic heterocycles. The zero-order valence-electron chi connectivity index (χ0n) is 11.6. The monoisotopic (exact) mass is 282 g/mol. The number of carbonyl (C=O) groups excluding carboxylic acids is 1. The number of aromatic nitrogens is 1. The number of likely N-dealkylation sites (tertiary alicyclic amines) is 1. The summed E-state index contributed by atoms with van der Waals surface area (Å²) in [7, 11) is 2.09. The Bertz CT molecular complexity index is 421. The minimum atomic E-state index is -0.0913. The number of nitrogens with one attached hydrogen (secondary N) is 2. The van der Waals surface area contributed by atoms with Crippen LogP contribution in [0.3, 0.4) is 0 Å². The van der Waals surface area contributed by atoms with Crippen molar-refractivity contribution >= 4 is 17.4 Å². The van der Waals surface area contributed by atoms with Crippen molar-refractivity contribution in [3.05, 3.63) is 16.1 Å². The molecule has 1 atom stereocenters. The predicted molar refractivity (Wildman–Crippen MR) is 77.4 cm³/mol. The van der Waals surface area contributed by atoms with Gasteiger partial charge in [-0.3, -0.25) is 0 Å². The summed E-state index contributed by atoms with van der Waals surface area (Å²) in [6.45, 7) is 4.65. The summed E-state index contributed by atoms with van der Waals surface area (Å²) in [4.78, 5) is 18.5. The van der Waals surface area contributed by atoms with Gasteiger partial charge < -0.3 is 15.5 Å². The Balaban J connectivity index is 1.72. The van der Waals surface area contributed by atoms with Crippen molar-refractivity contribution in [1.82, 2.24) is 20.5 Å². The van der Waals surface area contributed by atoms with Crippen LogP contribution in [0.2, 0.25) is 0 Å². The zero-order chi connectivity index (χ0) is 13.7. The van der Waals surface area contributed by atoms with Gasteiger partial charge in [-0.2, -0.15) is 0 Å². The van der Waals surface area contributed by atoms with Crippen LogP contribution in [0.4, 0.5) is 4.79 Å². The van der Waals surface area contributed by atoms with E-state index in [0.717, 1.165) is 43.1 Å². The third-order valence-electron chi connectivity index (χ3n) is 3.29. The third-order valence-corrected chi connectivity index (χ3v) is 4.33. The van der Waals surface area contributed by atoms with Gasteiger partial charge >= 0.3 is 6.03 Å². The maximum absolute atomic E-state index is 11.8. The largest absolute Gasteiger partial charge is 0.334 e. The van der Waals surface area contributed by atoms with E-state index in [4.69, 9.17) is 0 Å². The molecule has 2 rings (SSSR count). The minimum Gasteiger partial charge on any atom is -0.334 e. The highest BCUT2D eigenvalue weighted by Gasteiger charge is 2.18. The molecule has 0 saturated carbocycles. The molecule has 0 bridgehead atoms. The molecule has 19 heavy (non-hydrogen) atoms. The molecule has 0 unspecified atom stereocenters. The minimum absolute atomic E-state index is 0.0913. The zero-order valence-corrected chi connectivity index (χ0v) is 12.4. The molecule has 1 fully saturated rings. The summed E-state index contributed by atoms with van der Waals surface area (Å²) < 4.78 is 0. The van der Waals surface area contributed by atoms with Gasteiger partial charge in [-0.15, -0.1) is 11.3 Å². The molecular weight excluding hydrogens is 260 g/mol. The first-order valence-electron chi connectivity index (χ1n) is 6.83.